The second kappa shape index (κ2) is 8.45. The zero-order valence-corrected chi connectivity index (χ0v) is 13.8. The van der Waals surface area contributed by atoms with Gasteiger partial charge in [0.05, 0.1) is 12.2 Å². The fourth-order valence-electron chi connectivity index (χ4n) is 2.04. The Morgan fingerprint density at radius 1 is 1.26 bits per heavy atom. The van der Waals surface area contributed by atoms with E-state index in [1.165, 1.54) is 11.3 Å². The molecule has 0 saturated heterocycles. The van der Waals surface area contributed by atoms with Crippen LogP contribution in [0.4, 0.5) is 5.00 Å². The van der Waals surface area contributed by atoms with Crippen molar-refractivity contribution in [2.45, 2.75) is 19.8 Å². The lowest BCUT2D eigenvalue weighted by atomic mass is 10.1. The maximum absolute atomic E-state index is 12.1. The van der Waals surface area contributed by atoms with Gasteiger partial charge in [0.15, 0.2) is 0 Å². The normalized spacial score (nSPS) is 10.3. The Kier molecular flexibility index (Phi) is 6.31. The first kappa shape index (κ1) is 17.2. The Morgan fingerprint density at radius 2 is 2.00 bits per heavy atom. The molecular weight excluding hydrogens is 312 g/mol. The molecule has 0 unspecified atom stereocenters. The zero-order chi connectivity index (χ0) is 16.7. The van der Waals surface area contributed by atoms with Gasteiger partial charge in [0.25, 0.3) is 0 Å². The van der Waals surface area contributed by atoms with Crippen LogP contribution in [0.1, 0.15) is 30.1 Å². The van der Waals surface area contributed by atoms with E-state index in [2.05, 4.69) is 5.32 Å². The van der Waals surface area contributed by atoms with Crippen LogP contribution in [0, 0.1) is 0 Å². The summed E-state index contributed by atoms with van der Waals surface area (Å²) in [5, 5.41) is 3.32. The van der Waals surface area contributed by atoms with Gasteiger partial charge in [-0.3, -0.25) is 4.79 Å². The van der Waals surface area contributed by atoms with Crippen LogP contribution in [0.15, 0.2) is 36.4 Å². The van der Waals surface area contributed by atoms with Crippen LogP contribution in [0.3, 0.4) is 0 Å². The summed E-state index contributed by atoms with van der Waals surface area (Å²) in [6, 6.07) is 11.5. The molecule has 5 nitrogen and oxygen atoms in total. The molecule has 0 atom stereocenters. The Balaban J connectivity index is 2.29. The smallest absolute Gasteiger partial charge is 0.341 e. The first-order valence-corrected chi connectivity index (χ1v) is 8.33. The Bertz CT molecular complexity index is 668. The molecule has 1 aromatic carbocycles. The number of carbonyl (C=O) groups excluding carboxylic acids is 2. The molecule has 1 heterocycles. The fraction of sp³-hybridized carbons (Fsp3) is 0.294. The maximum atomic E-state index is 12.1. The van der Waals surface area contributed by atoms with Crippen LogP contribution >= 0.6 is 11.3 Å². The molecule has 0 bridgehead atoms. The third-order valence-corrected chi connectivity index (χ3v) is 4.25. The number of ether oxygens (including phenoxy) is 1. The summed E-state index contributed by atoms with van der Waals surface area (Å²) >= 11 is 1.36. The van der Waals surface area contributed by atoms with Crippen LogP contribution in [-0.2, 0) is 9.53 Å². The standard InChI is InChI=1S/C17H20N2O3S/c1-2-22-17(21)13-11-14(12-7-4-3-5-8-12)23-16(13)19-15(20)9-6-10-18/h3-5,7-8,11H,2,6,9-10,18H2,1H3,(H,19,20). The molecule has 23 heavy (non-hydrogen) atoms. The highest BCUT2D eigenvalue weighted by molar-refractivity contribution is 7.20. The highest BCUT2D eigenvalue weighted by atomic mass is 32.1. The summed E-state index contributed by atoms with van der Waals surface area (Å²) in [7, 11) is 0. The largest absolute Gasteiger partial charge is 0.462 e. The SMILES string of the molecule is CCOC(=O)c1cc(-c2ccccc2)sc1NC(=O)CCCN. The van der Waals surface area contributed by atoms with Gasteiger partial charge in [0.2, 0.25) is 5.91 Å². The third-order valence-electron chi connectivity index (χ3n) is 3.15. The minimum absolute atomic E-state index is 0.150. The number of anilines is 1. The number of hydrogen-bond acceptors (Lipinski definition) is 5. The molecular formula is C17H20N2O3S. The van der Waals surface area contributed by atoms with Gasteiger partial charge in [-0.25, -0.2) is 4.79 Å². The fourth-order valence-corrected chi connectivity index (χ4v) is 3.11. The summed E-state index contributed by atoms with van der Waals surface area (Å²) in [6.07, 6.45) is 0.939. The molecule has 1 aromatic heterocycles. The number of carbonyl (C=O) groups is 2. The number of rotatable bonds is 7. The van der Waals surface area contributed by atoms with Crippen LogP contribution in [-0.4, -0.2) is 25.0 Å². The van der Waals surface area contributed by atoms with Crippen LogP contribution in [0.25, 0.3) is 10.4 Å². The van der Waals surface area contributed by atoms with E-state index in [1.54, 1.807) is 13.0 Å². The average Bonchev–Trinajstić information content (AvgIpc) is 2.98. The van der Waals surface area contributed by atoms with E-state index >= 15 is 0 Å². The van der Waals surface area contributed by atoms with Crippen LogP contribution in [0.2, 0.25) is 0 Å². The third kappa shape index (κ3) is 4.64. The van der Waals surface area contributed by atoms with Crippen molar-refractivity contribution < 1.29 is 14.3 Å². The molecule has 1 amide bonds. The summed E-state index contributed by atoms with van der Waals surface area (Å²) in [6.45, 7) is 2.50. The number of hydrogen-bond donors (Lipinski definition) is 2. The lowest BCUT2D eigenvalue weighted by Gasteiger charge is -2.05. The lowest BCUT2D eigenvalue weighted by molar-refractivity contribution is -0.116. The van der Waals surface area contributed by atoms with Gasteiger partial charge in [-0.15, -0.1) is 11.3 Å². The van der Waals surface area contributed by atoms with Crippen molar-refractivity contribution in [1.29, 1.82) is 0 Å². The first-order valence-electron chi connectivity index (χ1n) is 7.52. The lowest BCUT2D eigenvalue weighted by Crippen LogP contribution is -2.15. The van der Waals surface area contributed by atoms with Gasteiger partial charge >= 0.3 is 5.97 Å². The van der Waals surface area contributed by atoms with E-state index in [1.807, 2.05) is 30.3 Å². The molecule has 2 aromatic rings. The molecule has 0 aliphatic rings. The Hall–Kier alpha value is -2.18. The average molecular weight is 332 g/mol. The van der Waals surface area contributed by atoms with E-state index < -0.39 is 5.97 Å². The molecule has 3 N–H and O–H groups in total. The molecule has 0 radical (unpaired) electrons. The topological polar surface area (TPSA) is 81.4 Å². The number of nitrogens with one attached hydrogen (secondary N) is 1. The molecule has 6 heteroatoms. The number of thiophene rings is 1. The van der Waals surface area contributed by atoms with Crippen molar-refractivity contribution >= 4 is 28.2 Å². The number of esters is 1. The second-order valence-corrected chi connectivity index (χ2v) is 5.93. The number of nitrogens with two attached hydrogens (primary N) is 1. The van der Waals surface area contributed by atoms with E-state index in [0.29, 0.717) is 30.0 Å². The predicted molar refractivity (Wildman–Crippen MR) is 92.6 cm³/mol. The van der Waals surface area contributed by atoms with Gasteiger partial charge in [0, 0.05) is 11.3 Å². The van der Waals surface area contributed by atoms with Crippen molar-refractivity contribution in [3.05, 3.63) is 42.0 Å². The molecule has 0 fully saturated rings. The summed E-state index contributed by atoms with van der Waals surface area (Å²) in [4.78, 5) is 25.0. The molecule has 0 aliphatic carbocycles. The highest BCUT2D eigenvalue weighted by Crippen LogP contribution is 2.36. The van der Waals surface area contributed by atoms with E-state index in [0.717, 1.165) is 10.4 Å². The second-order valence-electron chi connectivity index (χ2n) is 4.88. The molecule has 122 valence electrons. The monoisotopic (exact) mass is 332 g/mol. The molecule has 0 spiro atoms. The van der Waals surface area contributed by atoms with Gasteiger partial charge < -0.3 is 15.8 Å². The van der Waals surface area contributed by atoms with Crippen LogP contribution < -0.4 is 11.1 Å². The zero-order valence-electron chi connectivity index (χ0n) is 13.0. The van der Waals surface area contributed by atoms with Crippen molar-refractivity contribution in [2.75, 3.05) is 18.5 Å². The van der Waals surface area contributed by atoms with Gasteiger partial charge in [-0.2, -0.15) is 0 Å². The maximum Gasteiger partial charge on any atom is 0.341 e. The van der Waals surface area contributed by atoms with Crippen LogP contribution in [0.5, 0.6) is 0 Å². The molecule has 0 aliphatic heterocycles. The predicted octanol–water partition coefficient (Wildman–Crippen LogP) is 3.27. The minimum Gasteiger partial charge on any atom is -0.462 e. The van der Waals surface area contributed by atoms with E-state index in [-0.39, 0.29) is 12.5 Å². The molecule has 0 saturated carbocycles. The van der Waals surface area contributed by atoms with Crippen molar-refractivity contribution in [3.63, 3.8) is 0 Å². The highest BCUT2D eigenvalue weighted by Gasteiger charge is 2.19. The summed E-state index contributed by atoms with van der Waals surface area (Å²) in [5.41, 5.74) is 6.79. The quantitative estimate of drug-likeness (QED) is 0.763. The summed E-state index contributed by atoms with van der Waals surface area (Å²) in [5.74, 6) is -0.581. The van der Waals surface area contributed by atoms with E-state index in [4.69, 9.17) is 10.5 Å². The molecule has 2 rings (SSSR count). The minimum atomic E-state index is -0.431. The Morgan fingerprint density at radius 3 is 2.65 bits per heavy atom. The van der Waals surface area contributed by atoms with E-state index in [9.17, 15) is 9.59 Å². The van der Waals surface area contributed by atoms with Gasteiger partial charge in [0.1, 0.15) is 5.00 Å². The number of benzene rings is 1. The summed E-state index contributed by atoms with van der Waals surface area (Å²) < 4.78 is 5.08. The van der Waals surface area contributed by atoms with Crippen molar-refractivity contribution in [1.82, 2.24) is 0 Å². The number of amides is 1. The first-order chi connectivity index (χ1) is 11.2. The van der Waals surface area contributed by atoms with Crippen molar-refractivity contribution in [3.8, 4) is 10.4 Å². The Labute approximate surface area is 139 Å². The van der Waals surface area contributed by atoms with Gasteiger partial charge in [-0.1, -0.05) is 30.3 Å². The van der Waals surface area contributed by atoms with Gasteiger partial charge in [-0.05, 0) is 31.5 Å². The van der Waals surface area contributed by atoms with Crippen molar-refractivity contribution in [2.24, 2.45) is 5.73 Å².